The van der Waals surface area contributed by atoms with Gasteiger partial charge in [0, 0.05) is 11.0 Å². The maximum absolute atomic E-state index is 8.95. The third kappa shape index (κ3) is 5.66. The van der Waals surface area contributed by atoms with E-state index in [-0.39, 0.29) is 5.41 Å². The number of nitrogens with zero attached hydrogens (tertiary/aromatic N) is 2. The van der Waals surface area contributed by atoms with E-state index in [0.717, 1.165) is 30.4 Å². The zero-order valence-electron chi connectivity index (χ0n) is 11.4. The van der Waals surface area contributed by atoms with Gasteiger partial charge in [-0.25, -0.2) is 0 Å². The van der Waals surface area contributed by atoms with Crippen LogP contribution in [0.1, 0.15) is 32.3 Å². The van der Waals surface area contributed by atoms with Crippen LogP contribution in [0.4, 0.5) is 0 Å². The minimum atomic E-state index is -0.196. The molecule has 0 aliphatic carbocycles. The Hall–Kier alpha value is -0.850. The van der Waals surface area contributed by atoms with Crippen molar-refractivity contribution in [1.82, 2.24) is 4.90 Å². The third-order valence-electron chi connectivity index (χ3n) is 3.01. The van der Waals surface area contributed by atoms with E-state index in [4.69, 9.17) is 5.26 Å². The Morgan fingerprint density at radius 2 is 1.89 bits per heavy atom. The van der Waals surface area contributed by atoms with Crippen LogP contribution in [0.2, 0.25) is 0 Å². The lowest BCUT2D eigenvalue weighted by Crippen LogP contribution is -2.20. The Morgan fingerprint density at radius 3 is 2.44 bits per heavy atom. The molecule has 0 aliphatic heterocycles. The molecule has 0 aromatic heterocycles. The van der Waals surface area contributed by atoms with Gasteiger partial charge in [-0.15, -0.1) is 0 Å². The van der Waals surface area contributed by atoms with Gasteiger partial charge in [-0.3, -0.25) is 0 Å². The highest BCUT2D eigenvalue weighted by molar-refractivity contribution is 9.10. The molecule has 0 heterocycles. The van der Waals surface area contributed by atoms with Gasteiger partial charge < -0.3 is 4.90 Å². The Bertz CT molecular complexity index is 403. The molecule has 0 saturated carbocycles. The molecular weight excluding hydrogens is 288 g/mol. The summed E-state index contributed by atoms with van der Waals surface area (Å²) < 4.78 is 1.12. The predicted molar refractivity (Wildman–Crippen MR) is 79.1 cm³/mol. The van der Waals surface area contributed by atoms with Crippen molar-refractivity contribution < 1.29 is 0 Å². The zero-order valence-corrected chi connectivity index (χ0v) is 13.0. The Kier molecular flexibility index (Phi) is 5.84. The lowest BCUT2D eigenvalue weighted by molar-refractivity contribution is 0.298. The van der Waals surface area contributed by atoms with E-state index < -0.39 is 0 Å². The van der Waals surface area contributed by atoms with Gasteiger partial charge in [0.2, 0.25) is 0 Å². The van der Waals surface area contributed by atoms with Gasteiger partial charge in [0.25, 0.3) is 0 Å². The van der Waals surface area contributed by atoms with E-state index in [0.29, 0.717) is 0 Å². The third-order valence-corrected chi connectivity index (χ3v) is 3.54. The molecule has 1 aromatic carbocycles. The number of rotatable bonds is 6. The standard InChI is InChI=1S/C15H21BrN2/c1-15(2,12-17)9-4-10-18(3)11-13-5-7-14(16)8-6-13/h5-8H,4,9-11H2,1-3H3. The van der Waals surface area contributed by atoms with Crippen LogP contribution in [-0.2, 0) is 6.54 Å². The second-order valence-corrected chi connectivity index (χ2v) is 6.38. The first-order chi connectivity index (χ1) is 8.43. The van der Waals surface area contributed by atoms with Gasteiger partial charge in [-0.2, -0.15) is 5.26 Å². The van der Waals surface area contributed by atoms with Gasteiger partial charge in [0.05, 0.1) is 11.5 Å². The van der Waals surface area contributed by atoms with Crippen molar-refractivity contribution in [2.24, 2.45) is 5.41 Å². The summed E-state index contributed by atoms with van der Waals surface area (Å²) in [6.45, 7) is 5.99. The van der Waals surface area contributed by atoms with Gasteiger partial charge in [0.1, 0.15) is 0 Å². The number of benzene rings is 1. The quantitative estimate of drug-likeness (QED) is 0.787. The average Bonchev–Trinajstić information content (AvgIpc) is 2.32. The lowest BCUT2D eigenvalue weighted by atomic mass is 9.90. The molecule has 2 nitrogen and oxygen atoms in total. The molecule has 0 N–H and O–H groups in total. The Morgan fingerprint density at radius 1 is 1.28 bits per heavy atom. The van der Waals surface area contributed by atoms with Crippen LogP contribution < -0.4 is 0 Å². The van der Waals surface area contributed by atoms with E-state index in [2.05, 4.69) is 58.2 Å². The molecule has 1 aromatic rings. The fraction of sp³-hybridized carbons (Fsp3) is 0.533. The van der Waals surface area contributed by atoms with E-state index >= 15 is 0 Å². The molecule has 0 saturated heterocycles. The van der Waals surface area contributed by atoms with Crippen molar-refractivity contribution in [3.63, 3.8) is 0 Å². The van der Waals surface area contributed by atoms with Crippen molar-refractivity contribution in [3.05, 3.63) is 34.3 Å². The molecule has 0 radical (unpaired) electrons. The molecule has 0 amide bonds. The largest absolute Gasteiger partial charge is 0.302 e. The molecule has 0 aliphatic rings. The van der Waals surface area contributed by atoms with E-state index in [1.165, 1.54) is 5.56 Å². The second-order valence-electron chi connectivity index (χ2n) is 5.46. The molecule has 0 bridgehead atoms. The van der Waals surface area contributed by atoms with Crippen molar-refractivity contribution in [2.45, 2.75) is 33.2 Å². The molecule has 3 heteroatoms. The minimum absolute atomic E-state index is 0.196. The highest BCUT2D eigenvalue weighted by Crippen LogP contribution is 2.20. The second kappa shape index (κ2) is 6.92. The molecule has 98 valence electrons. The van der Waals surface area contributed by atoms with Crippen molar-refractivity contribution in [3.8, 4) is 6.07 Å². The topological polar surface area (TPSA) is 27.0 Å². The zero-order chi connectivity index (χ0) is 13.6. The summed E-state index contributed by atoms with van der Waals surface area (Å²) in [6, 6.07) is 10.8. The van der Waals surface area contributed by atoms with Crippen molar-refractivity contribution in [2.75, 3.05) is 13.6 Å². The van der Waals surface area contributed by atoms with Crippen molar-refractivity contribution in [1.29, 1.82) is 5.26 Å². The molecule has 18 heavy (non-hydrogen) atoms. The summed E-state index contributed by atoms with van der Waals surface area (Å²) in [6.07, 6.45) is 2.02. The van der Waals surface area contributed by atoms with Crippen molar-refractivity contribution >= 4 is 15.9 Å². The maximum atomic E-state index is 8.95. The van der Waals surface area contributed by atoms with Gasteiger partial charge in [-0.1, -0.05) is 28.1 Å². The van der Waals surface area contributed by atoms with Gasteiger partial charge in [0.15, 0.2) is 0 Å². The highest BCUT2D eigenvalue weighted by atomic mass is 79.9. The Labute approximate surface area is 119 Å². The Balaban J connectivity index is 2.32. The SMILES string of the molecule is CN(CCCC(C)(C)C#N)Cc1ccc(Br)cc1. The summed E-state index contributed by atoms with van der Waals surface area (Å²) in [5.41, 5.74) is 1.12. The fourth-order valence-corrected chi connectivity index (χ4v) is 2.09. The summed E-state index contributed by atoms with van der Waals surface area (Å²) in [7, 11) is 2.13. The smallest absolute Gasteiger partial charge is 0.0683 e. The van der Waals surface area contributed by atoms with Crippen LogP contribution in [0.5, 0.6) is 0 Å². The fourth-order valence-electron chi connectivity index (χ4n) is 1.83. The lowest BCUT2D eigenvalue weighted by Gasteiger charge is -2.20. The summed E-state index contributed by atoms with van der Waals surface area (Å²) >= 11 is 3.44. The maximum Gasteiger partial charge on any atom is 0.0683 e. The van der Waals surface area contributed by atoms with E-state index in [9.17, 15) is 0 Å². The van der Waals surface area contributed by atoms with Crippen LogP contribution in [0.25, 0.3) is 0 Å². The number of hydrogen-bond donors (Lipinski definition) is 0. The number of hydrogen-bond acceptors (Lipinski definition) is 2. The molecule has 0 spiro atoms. The molecule has 0 unspecified atom stereocenters. The average molecular weight is 309 g/mol. The summed E-state index contributed by atoms with van der Waals surface area (Å²) in [5.74, 6) is 0. The first-order valence-electron chi connectivity index (χ1n) is 6.27. The highest BCUT2D eigenvalue weighted by Gasteiger charge is 2.15. The van der Waals surface area contributed by atoms with Crippen LogP contribution >= 0.6 is 15.9 Å². The van der Waals surface area contributed by atoms with Crippen LogP contribution in [0.3, 0.4) is 0 Å². The van der Waals surface area contributed by atoms with Gasteiger partial charge >= 0.3 is 0 Å². The van der Waals surface area contributed by atoms with Crippen LogP contribution in [-0.4, -0.2) is 18.5 Å². The molecular formula is C15H21BrN2. The predicted octanol–water partition coefficient (Wildman–Crippen LogP) is 4.21. The van der Waals surface area contributed by atoms with Gasteiger partial charge in [-0.05, 0) is 58.0 Å². The monoisotopic (exact) mass is 308 g/mol. The summed E-state index contributed by atoms with van der Waals surface area (Å²) in [4.78, 5) is 2.30. The molecule has 0 fully saturated rings. The molecule has 1 rings (SSSR count). The van der Waals surface area contributed by atoms with E-state index in [1.54, 1.807) is 0 Å². The van der Waals surface area contributed by atoms with E-state index in [1.807, 2.05) is 13.8 Å². The van der Waals surface area contributed by atoms with Crippen LogP contribution in [0, 0.1) is 16.7 Å². The minimum Gasteiger partial charge on any atom is -0.302 e. The normalized spacial score (nSPS) is 11.6. The first-order valence-corrected chi connectivity index (χ1v) is 7.06. The first kappa shape index (κ1) is 15.2. The summed E-state index contributed by atoms with van der Waals surface area (Å²) in [5, 5.41) is 8.95. The number of nitriles is 1. The molecule has 0 atom stereocenters. The van der Waals surface area contributed by atoms with Crippen LogP contribution in [0.15, 0.2) is 28.7 Å². The number of halogens is 1.